The van der Waals surface area contributed by atoms with Crippen LogP contribution in [0.1, 0.15) is 41.5 Å². The second kappa shape index (κ2) is 4.12. The summed E-state index contributed by atoms with van der Waals surface area (Å²) in [5, 5.41) is 1.03. The van der Waals surface area contributed by atoms with Crippen LogP contribution in [-0.4, -0.2) is 10.3 Å². The minimum atomic E-state index is 0.154. The van der Waals surface area contributed by atoms with Crippen molar-refractivity contribution in [1.29, 1.82) is 0 Å². The minimum absolute atomic E-state index is 0.154. The van der Waals surface area contributed by atoms with E-state index in [-0.39, 0.29) is 7.61 Å². The standard InChI is InChI=1S/C8H18P2.Nb/c1-7(2,3)10(9)8(4,5)6;/h1-6H3;. The zero-order valence-electron chi connectivity index (χ0n) is 8.34. The third-order valence-electron chi connectivity index (χ3n) is 1.36. The zero-order valence-corrected chi connectivity index (χ0v) is 12.3. The van der Waals surface area contributed by atoms with Gasteiger partial charge >= 0.3 is 85.2 Å². The van der Waals surface area contributed by atoms with E-state index in [0.29, 0.717) is 10.3 Å². The van der Waals surface area contributed by atoms with E-state index in [0.717, 1.165) is 0 Å². The summed E-state index contributed by atoms with van der Waals surface area (Å²) in [6, 6.07) is 0. The van der Waals surface area contributed by atoms with Gasteiger partial charge in [-0.3, -0.25) is 0 Å². The molecule has 3 heteroatoms. The van der Waals surface area contributed by atoms with Gasteiger partial charge in [0.1, 0.15) is 0 Å². The maximum atomic E-state index is 2.37. The maximum absolute atomic E-state index is 2.37. The van der Waals surface area contributed by atoms with Crippen molar-refractivity contribution in [3.63, 3.8) is 0 Å². The van der Waals surface area contributed by atoms with Crippen LogP contribution in [0.15, 0.2) is 0 Å². The number of hydrogen-bond acceptors (Lipinski definition) is 0. The van der Waals surface area contributed by atoms with Crippen LogP contribution in [0.5, 0.6) is 0 Å². The van der Waals surface area contributed by atoms with Gasteiger partial charge in [-0.15, -0.1) is 0 Å². The molecule has 0 aromatic rings. The van der Waals surface area contributed by atoms with Crippen molar-refractivity contribution in [3.05, 3.63) is 0 Å². The molecule has 0 atom stereocenters. The van der Waals surface area contributed by atoms with Crippen molar-refractivity contribution in [1.82, 2.24) is 0 Å². The third kappa shape index (κ3) is 4.30. The monoisotopic (exact) mass is 269 g/mol. The molecule has 0 unspecified atom stereocenters. The summed E-state index contributed by atoms with van der Waals surface area (Å²) in [5.41, 5.74) is 1.63. The van der Waals surface area contributed by atoms with Gasteiger partial charge in [0.05, 0.1) is 0 Å². The fourth-order valence-electron chi connectivity index (χ4n) is 1.27. The molecule has 0 aromatic heterocycles. The van der Waals surface area contributed by atoms with E-state index in [1.807, 2.05) is 20.0 Å². The Kier molecular flexibility index (Phi) is 4.67. The first-order valence-electron chi connectivity index (χ1n) is 3.85. The van der Waals surface area contributed by atoms with Gasteiger partial charge < -0.3 is 0 Å². The van der Waals surface area contributed by atoms with Crippen LogP contribution in [0, 0.1) is 0 Å². The molecular weight excluding hydrogens is 251 g/mol. The Morgan fingerprint density at radius 1 is 0.909 bits per heavy atom. The van der Waals surface area contributed by atoms with Crippen LogP contribution in [-0.2, 0) is 20.0 Å². The van der Waals surface area contributed by atoms with Crippen molar-refractivity contribution < 1.29 is 20.0 Å². The molecule has 0 spiro atoms. The zero-order chi connectivity index (χ0) is 9.28. The molecule has 0 aliphatic rings. The third-order valence-corrected chi connectivity index (χ3v) is 12.2. The average molecular weight is 269 g/mol. The van der Waals surface area contributed by atoms with Gasteiger partial charge in [-0.05, 0) is 0 Å². The van der Waals surface area contributed by atoms with Gasteiger partial charge in [-0.25, -0.2) is 0 Å². The van der Waals surface area contributed by atoms with E-state index in [9.17, 15) is 0 Å². The van der Waals surface area contributed by atoms with Crippen LogP contribution >= 0.6 is 13.3 Å². The predicted molar refractivity (Wildman–Crippen MR) is 53.3 cm³/mol. The first-order chi connectivity index (χ1) is 4.69. The average Bonchev–Trinajstić information content (AvgIpc) is 1.56. The van der Waals surface area contributed by atoms with Gasteiger partial charge in [0.2, 0.25) is 0 Å². The summed E-state index contributed by atoms with van der Waals surface area (Å²) in [7, 11) is 0.154. The molecule has 0 saturated carbocycles. The van der Waals surface area contributed by atoms with E-state index in [2.05, 4.69) is 41.5 Å². The van der Waals surface area contributed by atoms with Gasteiger partial charge in [0.15, 0.2) is 0 Å². The van der Waals surface area contributed by atoms with Gasteiger partial charge in [-0.1, -0.05) is 0 Å². The van der Waals surface area contributed by atoms with Crippen molar-refractivity contribution in [2.75, 3.05) is 0 Å². The molecule has 0 aliphatic heterocycles. The molecule has 0 amide bonds. The molecule has 0 bridgehead atoms. The van der Waals surface area contributed by atoms with Crippen LogP contribution < -0.4 is 0 Å². The topological polar surface area (TPSA) is 0 Å². The molecule has 0 N–H and O–H groups in total. The summed E-state index contributed by atoms with van der Waals surface area (Å²) in [4.78, 5) is 0. The molecular formula is C8H18NbP2. The Balaban J connectivity index is 4.56. The first-order valence-corrected chi connectivity index (χ1v) is 9.69. The normalized spacial score (nSPS) is 14.4. The fraction of sp³-hybridized carbons (Fsp3) is 1.00. The SMILES string of the molecule is CC(C)(C)P([P]=[Nb])C(C)(C)C. The second-order valence-corrected chi connectivity index (χ2v) is 13.9. The van der Waals surface area contributed by atoms with E-state index in [1.165, 1.54) is 0 Å². The summed E-state index contributed by atoms with van der Waals surface area (Å²) < 4.78 is 0. The molecule has 0 fully saturated rings. The second-order valence-electron chi connectivity index (χ2n) is 4.74. The molecule has 0 nitrogen and oxygen atoms in total. The van der Waals surface area contributed by atoms with E-state index in [4.69, 9.17) is 0 Å². The van der Waals surface area contributed by atoms with Crippen LogP contribution in [0.4, 0.5) is 0 Å². The number of rotatable bonds is 1. The van der Waals surface area contributed by atoms with Gasteiger partial charge in [-0.2, -0.15) is 0 Å². The first kappa shape index (κ1) is 12.5. The quantitative estimate of drug-likeness (QED) is 0.489. The van der Waals surface area contributed by atoms with Crippen LogP contribution in [0.25, 0.3) is 0 Å². The Hall–Kier alpha value is 1.47. The fourth-order valence-corrected chi connectivity index (χ4v) is 17.3. The van der Waals surface area contributed by atoms with Gasteiger partial charge in [0.25, 0.3) is 0 Å². The summed E-state index contributed by atoms with van der Waals surface area (Å²) in [5.74, 6) is 0. The van der Waals surface area contributed by atoms with E-state index in [1.54, 1.807) is 5.70 Å². The predicted octanol–water partition coefficient (Wildman–Crippen LogP) is 4.39. The van der Waals surface area contributed by atoms with Crippen molar-refractivity contribution >= 4 is 13.3 Å². The summed E-state index contributed by atoms with van der Waals surface area (Å²) >= 11 is 1.95. The molecule has 0 aliphatic carbocycles. The summed E-state index contributed by atoms with van der Waals surface area (Å²) in [6.45, 7) is 14.2. The van der Waals surface area contributed by atoms with Gasteiger partial charge in [0, 0.05) is 0 Å². The van der Waals surface area contributed by atoms with Crippen LogP contribution in [0.3, 0.4) is 0 Å². The Bertz CT molecular complexity index is 127. The molecule has 0 aromatic carbocycles. The van der Waals surface area contributed by atoms with Crippen LogP contribution in [0.2, 0.25) is 0 Å². The molecule has 0 saturated heterocycles. The van der Waals surface area contributed by atoms with E-state index >= 15 is 0 Å². The molecule has 0 rings (SSSR count). The molecule has 0 radical (unpaired) electrons. The Morgan fingerprint density at radius 2 is 1.18 bits per heavy atom. The molecule has 0 heterocycles. The molecule has 11 heavy (non-hydrogen) atoms. The van der Waals surface area contributed by atoms with Crippen molar-refractivity contribution in [2.24, 2.45) is 0 Å². The molecule has 65 valence electrons. The Morgan fingerprint density at radius 3 is 1.18 bits per heavy atom. The van der Waals surface area contributed by atoms with E-state index < -0.39 is 0 Å². The Labute approximate surface area is 85.1 Å². The van der Waals surface area contributed by atoms with Crippen molar-refractivity contribution in [2.45, 2.75) is 51.9 Å². The van der Waals surface area contributed by atoms with Crippen molar-refractivity contribution in [3.8, 4) is 0 Å². The number of hydrogen-bond donors (Lipinski definition) is 0. The summed E-state index contributed by atoms with van der Waals surface area (Å²) in [6.07, 6.45) is 0.